The molecule has 1 rings (SSSR count). The first kappa shape index (κ1) is 11.8. The third-order valence-electron chi connectivity index (χ3n) is 2.92. The van der Waals surface area contributed by atoms with Gasteiger partial charge in [0.15, 0.2) is 0 Å². The van der Waals surface area contributed by atoms with Crippen LogP contribution >= 0.6 is 0 Å². The molecule has 1 heterocycles. The van der Waals surface area contributed by atoms with Gasteiger partial charge in [0.1, 0.15) is 0 Å². The average molecular weight is 209 g/mol. The number of esters is 1. The van der Waals surface area contributed by atoms with Crippen LogP contribution in [-0.4, -0.2) is 17.6 Å². The summed E-state index contributed by atoms with van der Waals surface area (Å²) in [7, 11) is 1.41. The number of hydrogen-bond acceptors (Lipinski definition) is 2. The van der Waals surface area contributed by atoms with E-state index in [-0.39, 0.29) is 5.97 Å². The predicted molar refractivity (Wildman–Crippen MR) is 60.2 cm³/mol. The van der Waals surface area contributed by atoms with Gasteiger partial charge in [-0.3, -0.25) is 0 Å². The lowest BCUT2D eigenvalue weighted by atomic mass is 10.2. The van der Waals surface area contributed by atoms with E-state index in [1.165, 1.54) is 7.11 Å². The van der Waals surface area contributed by atoms with Gasteiger partial charge in [-0.15, -0.1) is 0 Å². The first-order valence-corrected chi connectivity index (χ1v) is 5.29. The topological polar surface area (TPSA) is 31.2 Å². The number of carbonyl (C=O) groups excluding carboxylic acids is 1. The lowest BCUT2D eigenvalue weighted by Gasteiger charge is -2.16. The van der Waals surface area contributed by atoms with Crippen molar-refractivity contribution in [3.63, 3.8) is 0 Å². The van der Waals surface area contributed by atoms with E-state index in [1.54, 1.807) is 0 Å². The second kappa shape index (κ2) is 4.51. The highest BCUT2D eigenvalue weighted by Crippen LogP contribution is 2.22. The van der Waals surface area contributed by atoms with Crippen molar-refractivity contribution in [1.29, 1.82) is 0 Å². The normalized spacial score (nSPS) is 12.6. The Balaban J connectivity index is 3.20. The Bertz CT molecular complexity index is 366. The molecule has 3 heteroatoms. The molecule has 0 aliphatic rings. The molecule has 1 atom stereocenters. The van der Waals surface area contributed by atoms with Crippen LogP contribution in [0.25, 0.3) is 0 Å². The molecule has 0 spiro atoms. The molecule has 0 N–H and O–H groups in total. The highest BCUT2D eigenvalue weighted by atomic mass is 16.5. The molecule has 0 aromatic carbocycles. The van der Waals surface area contributed by atoms with Crippen LogP contribution in [0, 0.1) is 13.8 Å². The Labute approximate surface area is 91.0 Å². The van der Waals surface area contributed by atoms with Crippen LogP contribution in [0.15, 0.2) is 6.07 Å². The lowest BCUT2D eigenvalue weighted by molar-refractivity contribution is 0.0599. The molecule has 0 saturated heterocycles. The molecule has 0 saturated carbocycles. The molecule has 0 amide bonds. The van der Waals surface area contributed by atoms with Gasteiger partial charge in [0.2, 0.25) is 0 Å². The Morgan fingerprint density at radius 2 is 2.13 bits per heavy atom. The molecule has 0 fully saturated rings. The van der Waals surface area contributed by atoms with Gasteiger partial charge in [-0.25, -0.2) is 4.79 Å². The third-order valence-corrected chi connectivity index (χ3v) is 2.92. The lowest BCUT2D eigenvalue weighted by Crippen LogP contribution is -2.09. The van der Waals surface area contributed by atoms with Crippen molar-refractivity contribution in [3.8, 4) is 0 Å². The molecule has 3 nitrogen and oxygen atoms in total. The van der Waals surface area contributed by atoms with E-state index in [0.717, 1.165) is 17.8 Å². The summed E-state index contributed by atoms with van der Waals surface area (Å²) in [4.78, 5) is 11.5. The summed E-state index contributed by atoms with van der Waals surface area (Å²) in [5.74, 6) is -0.252. The minimum atomic E-state index is -0.252. The number of aryl methyl sites for hydroxylation is 1. The molecule has 15 heavy (non-hydrogen) atoms. The van der Waals surface area contributed by atoms with Crippen molar-refractivity contribution in [1.82, 2.24) is 4.57 Å². The number of methoxy groups -OCH3 is 1. The van der Waals surface area contributed by atoms with Gasteiger partial charge < -0.3 is 9.30 Å². The van der Waals surface area contributed by atoms with Crippen molar-refractivity contribution in [3.05, 3.63) is 23.0 Å². The highest BCUT2D eigenvalue weighted by molar-refractivity contribution is 5.91. The van der Waals surface area contributed by atoms with E-state index in [4.69, 9.17) is 4.74 Å². The maximum absolute atomic E-state index is 11.5. The first-order chi connectivity index (χ1) is 7.02. The van der Waals surface area contributed by atoms with Crippen molar-refractivity contribution >= 4 is 5.97 Å². The average Bonchev–Trinajstić information content (AvgIpc) is 2.52. The monoisotopic (exact) mass is 209 g/mol. The zero-order chi connectivity index (χ0) is 11.6. The van der Waals surface area contributed by atoms with E-state index >= 15 is 0 Å². The number of ether oxygens (including phenoxy) is 1. The number of nitrogens with zero attached hydrogens (tertiary/aromatic N) is 1. The standard InChI is InChI=1S/C12H19NO2/c1-6-8(2)13-9(3)7-11(10(13)4)12(14)15-5/h7-8H,6H2,1-5H3/t8-/m0/s1. The molecule has 1 aromatic rings. The highest BCUT2D eigenvalue weighted by Gasteiger charge is 2.17. The first-order valence-electron chi connectivity index (χ1n) is 5.29. The number of hydrogen-bond donors (Lipinski definition) is 0. The van der Waals surface area contributed by atoms with Gasteiger partial charge in [0, 0.05) is 17.4 Å². The molecule has 0 radical (unpaired) electrons. The van der Waals surface area contributed by atoms with E-state index in [1.807, 2.05) is 19.9 Å². The van der Waals surface area contributed by atoms with Gasteiger partial charge in [-0.1, -0.05) is 6.92 Å². The smallest absolute Gasteiger partial charge is 0.339 e. The SMILES string of the molecule is CC[C@H](C)n1c(C)cc(C(=O)OC)c1C. The molecule has 0 aliphatic carbocycles. The molecule has 0 unspecified atom stereocenters. The quantitative estimate of drug-likeness (QED) is 0.717. The maximum Gasteiger partial charge on any atom is 0.339 e. The molecular weight excluding hydrogens is 190 g/mol. The molecule has 84 valence electrons. The molecule has 0 aliphatic heterocycles. The van der Waals surface area contributed by atoms with Crippen LogP contribution in [0.4, 0.5) is 0 Å². The second-order valence-corrected chi connectivity index (χ2v) is 3.90. The van der Waals surface area contributed by atoms with Gasteiger partial charge in [0.05, 0.1) is 12.7 Å². The van der Waals surface area contributed by atoms with Gasteiger partial charge in [-0.05, 0) is 33.3 Å². The van der Waals surface area contributed by atoms with Gasteiger partial charge in [0.25, 0.3) is 0 Å². The van der Waals surface area contributed by atoms with Crippen molar-refractivity contribution < 1.29 is 9.53 Å². The van der Waals surface area contributed by atoms with Crippen molar-refractivity contribution in [2.45, 2.75) is 40.2 Å². The maximum atomic E-state index is 11.5. The fourth-order valence-electron chi connectivity index (χ4n) is 1.95. The van der Waals surface area contributed by atoms with E-state index < -0.39 is 0 Å². The van der Waals surface area contributed by atoms with Crippen LogP contribution < -0.4 is 0 Å². The zero-order valence-corrected chi connectivity index (χ0v) is 10.1. The Morgan fingerprint density at radius 3 is 2.60 bits per heavy atom. The molecule has 1 aromatic heterocycles. The fraction of sp³-hybridized carbons (Fsp3) is 0.583. The van der Waals surface area contributed by atoms with Crippen molar-refractivity contribution in [2.75, 3.05) is 7.11 Å². The molecular formula is C12H19NO2. The number of rotatable bonds is 3. The Hall–Kier alpha value is -1.25. The summed E-state index contributed by atoms with van der Waals surface area (Å²) in [5, 5.41) is 0. The van der Waals surface area contributed by atoms with Crippen LogP contribution in [0.5, 0.6) is 0 Å². The predicted octanol–water partition coefficient (Wildman–Crippen LogP) is 2.86. The third kappa shape index (κ3) is 2.06. The second-order valence-electron chi connectivity index (χ2n) is 3.90. The van der Waals surface area contributed by atoms with Gasteiger partial charge in [-0.2, -0.15) is 0 Å². The minimum Gasteiger partial charge on any atom is -0.465 e. The summed E-state index contributed by atoms with van der Waals surface area (Å²) in [6.07, 6.45) is 1.05. The largest absolute Gasteiger partial charge is 0.465 e. The summed E-state index contributed by atoms with van der Waals surface area (Å²) in [6.45, 7) is 8.28. The van der Waals surface area contributed by atoms with E-state index in [2.05, 4.69) is 18.4 Å². The van der Waals surface area contributed by atoms with Crippen LogP contribution in [0.1, 0.15) is 48.1 Å². The van der Waals surface area contributed by atoms with E-state index in [0.29, 0.717) is 11.6 Å². The van der Waals surface area contributed by atoms with Crippen LogP contribution in [0.2, 0.25) is 0 Å². The van der Waals surface area contributed by atoms with E-state index in [9.17, 15) is 4.79 Å². The zero-order valence-electron chi connectivity index (χ0n) is 10.1. The summed E-state index contributed by atoms with van der Waals surface area (Å²) in [5.41, 5.74) is 2.78. The number of carbonyl (C=O) groups is 1. The number of aromatic nitrogens is 1. The Kier molecular flexibility index (Phi) is 3.56. The van der Waals surface area contributed by atoms with Crippen LogP contribution in [0.3, 0.4) is 0 Å². The molecule has 0 bridgehead atoms. The minimum absolute atomic E-state index is 0.252. The summed E-state index contributed by atoms with van der Waals surface area (Å²) in [6, 6.07) is 2.32. The Morgan fingerprint density at radius 1 is 1.53 bits per heavy atom. The summed E-state index contributed by atoms with van der Waals surface area (Å²) >= 11 is 0. The van der Waals surface area contributed by atoms with Crippen molar-refractivity contribution in [2.24, 2.45) is 0 Å². The summed E-state index contributed by atoms with van der Waals surface area (Å²) < 4.78 is 6.93. The fourth-order valence-corrected chi connectivity index (χ4v) is 1.95. The van der Waals surface area contributed by atoms with Gasteiger partial charge >= 0.3 is 5.97 Å². The van der Waals surface area contributed by atoms with Crippen LogP contribution in [-0.2, 0) is 4.74 Å².